The van der Waals surface area contributed by atoms with E-state index in [1.807, 2.05) is 6.07 Å². The molecular formula is C10H10BrN5OS. The summed E-state index contributed by atoms with van der Waals surface area (Å²) in [7, 11) is 1.67. The second kappa shape index (κ2) is 4.51. The second-order valence-corrected chi connectivity index (χ2v) is 5.93. The topological polar surface area (TPSA) is 76.5 Å². The molecule has 2 aromatic rings. The third-order valence-corrected chi connectivity index (χ3v) is 4.04. The third-order valence-electron chi connectivity index (χ3n) is 2.67. The summed E-state index contributed by atoms with van der Waals surface area (Å²) in [6.07, 6.45) is 2.31. The Morgan fingerprint density at radius 3 is 2.89 bits per heavy atom. The van der Waals surface area contributed by atoms with Crippen LogP contribution in [0.15, 0.2) is 25.6 Å². The Bertz CT molecular complexity index is 648. The van der Waals surface area contributed by atoms with Gasteiger partial charge in [0.2, 0.25) is 0 Å². The molecule has 1 aliphatic rings. The van der Waals surface area contributed by atoms with Crippen LogP contribution in [0, 0.1) is 0 Å². The Kier molecular flexibility index (Phi) is 2.98. The van der Waals surface area contributed by atoms with E-state index in [9.17, 15) is 4.79 Å². The molecule has 0 bridgehead atoms. The van der Waals surface area contributed by atoms with Crippen molar-refractivity contribution in [2.45, 2.75) is 28.9 Å². The minimum atomic E-state index is -0.229. The van der Waals surface area contributed by atoms with Crippen LogP contribution in [-0.2, 0) is 7.05 Å². The molecule has 0 radical (unpaired) electrons. The molecule has 1 N–H and O–H groups in total. The quantitative estimate of drug-likeness (QED) is 0.868. The number of aromatic amines is 1. The van der Waals surface area contributed by atoms with Gasteiger partial charge in [-0.15, -0.1) is 5.10 Å². The van der Waals surface area contributed by atoms with Crippen LogP contribution in [0.2, 0.25) is 0 Å². The van der Waals surface area contributed by atoms with E-state index in [4.69, 9.17) is 0 Å². The Labute approximate surface area is 115 Å². The lowest BCUT2D eigenvalue weighted by Crippen LogP contribution is -2.12. The molecule has 2 heterocycles. The monoisotopic (exact) mass is 327 g/mol. The van der Waals surface area contributed by atoms with Gasteiger partial charge in [0.05, 0.1) is 0 Å². The number of nitrogens with zero attached hydrogens (tertiary/aromatic N) is 4. The van der Waals surface area contributed by atoms with Gasteiger partial charge in [-0.05, 0) is 40.5 Å². The first-order chi connectivity index (χ1) is 8.63. The van der Waals surface area contributed by atoms with Gasteiger partial charge >= 0.3 is 5.69 Å². The summed E-state index contributed by atoms with van der Waals surface area (Å²) in [5.41, 5.74) is -0.229. The van der Waals surface area contributed by atoms with Crippen molar-refractivity contribution in [2.24, 2.45) is 7.05 Å². The summed E-state index contributed by atoms with van der Waals surface area (Å²) >= 11 is 4.73. The van der Waals surface area contributed by atoms with Crippen LogP contribution in [0.1, 0.15) is 24.6 Å². The molecule has 94 valence electrons. The highest BCUT2D eigenvalue weighted by Crippen LogP contribution is 2.39. The first kappa shape index (κ1) is 11.9. The van der Waals surface area contributed by atoms with Crippen LogP contribution in [0.25, 0.3) is 0 Å². The SMILES string of the molecule is Cn1c(Sc2cc(Br)nc(C3CC3)n2)n[nH]c1=O. The minimum Gasteiger partial charge on any atom is -0.273 e. The zero-order chi connectivity index (χ0) is 12.7. The van der Waals surface area contributed by atoms with Crippen molar-refractivity contribution >= 4 is 27.7 Å². The molecule has 0 spiro atoms. The predicted molar refractivity (Wildman–Crippen MR) is 69.7 cm³/mol. The van der Waals surface area contributed by atoms with E-state index in [2.05, 4.69) is 36.1 Å². The van der Waals surface area contributed by atoms with Crippen molar-refractivity contribution in [1.29, 1.82) is 0 Å². The van der Waals surface area contributed by atoms with E-state index in [0.29, 0.717) is 11.1 Å². The number of rotatable bonds is 3. The summed E-state index contributed by atoms with van der Waals surface area (Å²) in [5.74, 6) is 1.36. The van der Waals surface area contributed by atoms with E-state index < -0.39 is 0 Å². The maximum absolute atomic E-state index is 11.3. The molecule has 1 saturated carbocycles. The molecule has 3 rings (SSSR count). The fraction of sp³-hybridized carbons (Fsp3) is 0.400. The zero-order valence-corrected chi connectivity index (χ0v) is 12.0. The molecule has 18 heavy (non-hydrogen) atoms. The van der Waals surface area contributed by atoms with Crippen LogP contribution in [0.3, 0.4) is 0 Å². The van der Waals surface area contributed by atoms with Gasteiger partial charge in [-0.3, -0.25) is 4.57 Å². The molecular weight excluding hydrogens is 318 g/mol. The summed E-state index contributed by atoms with van der Waals surface area (Å²) < 4.78 is 2.22. The maximum Gasteiger partial charge on any atom is 0.343 e. The molecule has 0 saturated heterocycles. The van der Waals surface area contributed by atoms with Crippen LogP contribution in [0.4, 0.5) is 0 Å². The highest BCUT2D eigenvalue weighted by atomic mass is 79.9. The Morgan fingerprint density at radius 1 is 1.50 bits per heavy atom. The Hall–Kier alpha value is -1.15. The number of hydrogen-bond donors (Lipinski definition) is 1. The zero-order valence-electron chi connectivity index (χ0n) is 9.55. The molecule has 1 aliphatic carbocycles. The van der Waals surface area contributed by atoms with Gasteiger partial charge in [-0.1, -0.05) is 0 Å². The van der Waals surface area contributed by atoms with Crippen molar-refractivity contribution in [3.63, 3.8) is 0 Å². The van der Waals surface area contributed by atoms with E-state index in [-0.39, 0.29) is 5.69 Å². The first-order valence-electron chi connectivity index (χ1n) is 5.47. The van der Waals surface area contributed by atoms with Crippen molar-refractivity contribution in [1.82, 2.24) is 24.7 Å². The van der Waals surface area contributed by atoms with E-state index >= 15 is 0 Å². The molecule has 0 unspecified atom stereocenters. The van der Waals surface area contributed by atoms with Gasteiger partial charge in [0.1, 0.15) is 15.5 Å². The largest absolute Gasteiger partial charge is 0.343 e. The van der Waals surface area contributed by atoms with Gasteiger partial charge in [0.15, 0.2) is 5.16 Å². The van der Waals surface area contributed by atoms with Crippen molar-refractivity contribution < 1.29 is 0 Å². The second-order valence-electron chi connectivity index (χ2n) is 4.13. The Morgan fingerprint density at radius 2 is 2.28 bits per heavy atom. The predicted octanol–water partition coefficient (Wildman–Crippen LogP) is 1.69. The third kappa shape index (κ3) is 2.35. The van der Waals surface area contributed by atoms with Crippen molar-refractivity contribution in [3.05, 3.63) is 27.0 Å². The first-order valence-corrected chi connectivity index (χ1v) is 7.08. The molecule has 0 atom stereocenters. The average Bonchev–Trinajstić information content (AvgIpc) is 3.12. The van der Waals surface area contributed by atoms with Crippen LogP contribution in [-0.4, -0.2) is 24.7 Å². The molecule has 0 aromatic carbocycles. The number of hydrogen-bond acceptors (Lipinski definition) is 5. The van der Waals surface area contributed by atoms with Gasteiger partial charge in [0.25, 0.3) is 0 Å². The normalized spacial score (nSPS) is 15.0. The fourth-order valence-corrected chi connectivity index (χ4v) is 2.87. The van der Waals surface area contributed by atoms with Crippen molar-refractivity contribution in [2.75, 3.05) is 0 Å². The molecule has 0 aliphatic heterocycles. The van der Waals surface area contributed by atoms with Gasteiger partial charge in [0, 0.05) is 19.0 Å². The smallest absolute Gasteiger partial charge is 0.273 e. The average molecular weight is 328 g/mol. The van der Waals surface area contributed by atoms with E-state index in [1.54, 1.807) is 7.05 Å². The summed E-state index contributed by atoms with van der Waals surface area (Å²) in [5, 5.41) is 7.73. The molecule has 2 aromatic heterocycles. The van der Waals surface area contributed by atoms with Crippen molar-refractivity contribution in [3.8, 4) is 0 Å². The summed E-state index contributed by atoms with van der Waals surface area (Å²) in [4.78, 5) is 20.1. The molecule has 6 nitrogen and oxygen atoms in total. The van der Waals surface area contributed by atoms with Gasteiger partial charge in [-0.25, -0.2) is 19.9 Å². The van der Waals surface area contributed by atoms with Gasteiger partial charge < -0.3 is 0 Å². The lowest BCUT2D eigenvalue weighted by molar-refractivity contribution is 0.763. The highest BCUT2D eigenvalue weighted by molar-refractivity contribution is 9.10. The minimum absolute atomic E-state index is 0.229. The van der Waals surface area contributed by atoms with Crippen LogP contribution < -0.4 is 5.69 Å². The number of nitrogens with one attached hydrogen (secondary N) is 1. The summed E-state index contributed by atoms with van der Waals surface area (Å²) in [6.45, 7) is 0. The summed E-state index contributed by atoms with van der Waals surface area (Å²) in [6, 6.07) is 1.83. The number of aromatic nitrogens is 5. The van der Waals surface area contributed by atoms with Crippen LogP contribution in [0.5, 0.6) is 0 Å². The fourth-order valence-electron chi connectivity index (χ4n) is 1.51. The van der Waals surface area contributed by atoms with E-state index in [0.717, 1.165) is 28.3 Å². The lowest BCUT2D eigenvalue weighted by Gasteiger charge is -2.03. The number of halogens is 1. The van der Waals surface area contributed by atoms with Gasteiger partial charge in [-0.2, -0.15) is 0 Å². The number of H-pyrrole nitrogens is 1. The maximum atomic E-state index is 11.3. The molecule has 0 amide bonds. The standard InChI is InChI=1S/C10H10BrN5OS/c1-16-9(17)14-15-10(16)18-7-4-6(11)12-8(13-7)5-2-3-5/h4-5H,2-3H2,1H3,(H,14,17). The molecule has 1 fully saturated rings. The van der Waals surface area contributed by atoms with E-state index in [1.165, 1.54) is 16.3 Å². The molecule has 8 heteroatoms. The lowest BCUT2D eigenvalue weighted by atomic mass is 10.4. The highest BCUT2D eigenvalue weighted by Gasteiger charge is 2.27. The van der Waals surface area contributed by atoms with Crippen LogP contribution >= 0.6 is 27.7 Å². The Balaban J connectivity index is 1.92.